The Balaban J connectivity index is 0.000000385. The van der Waals surface area contributed by atoms with E-state index >= 15 is 0 Å². The molecule has 0 radical (unpaired) electrons. The van der Waals surface area contributed by atoms with Crippen LogP contribution in [0.15, 0.2) is 24.3 Å². The van der Waals surface area contributed by atoms with E-state index in [1.165, 1.54) is 24.0 Å². The molecule has 2 aliphatic carbocycles. The number of ketones is 2. The highest BCUT2D eigenvalue weighted by Crippen LogP contribution is 2.27. The number of rotatable bonds is 0. The van der Waals surface area contributed by atoms with Gasteiger partial charge in [-0.25, -0.2) is 0 Å². The van der Waals surface area contributed by atoms with E-state index in [0.29, 0.717) is 17.5 Å². The highest BCUT2D eigenvalue weighted by Gasteiger charge is 2.22. The molecule has 0 aliphatic heterocycles. The molecule has 0 N–H and O–H groups in total. The lowest BCUT2D eigenvalue weighted by molar-refractivity contribution is -0.124. The standard InChI is InChI=1S/C11H12O.C7H12O.C3H8.C2H6/c1-8-10-5-3-2-4-9(10)6-7-11(8)12;1-6-4-2-3-5-7(6)8;1-3-2;1-2/h2-5,8H,6-7H2,1H3;6H,2-5H2,1H3;3H2,1-2H3;1-2H3. The second-order valence-electron chi connectivity index (χ2n) is 6.71. The normalized spacial score (nSPS) is 21.4. The van der Waals surface area contributed by atoms with Crippen LogP contribution in [0.3, 0.4) is 0 Å². The van der Waals surface area contributed by atoms with Crippen LogP contribution in [0, 0.1) is 5.92 Å². The van der Waals surface area contributed by atoms with E-state index in [4.69, 9.17) is 0 Å². The molecule has 0 amide bonds. The molecule has 0 heterocycles. The van der Waals surface area contributed by atoms with Crippen molar-refractivity contribution in [2.75, 3.05) is 0 Å². The minimum Gasteiger partial charge on any atom is -0.299 e. The lowest BCUT2D eigenvalue weighted by atomic mass is 9.83. The Morgan fingerprint density at radius 2 is 1.48 bits per heavy atom. The zero-order chi connectivity index (χ0) is 19.2. The number of carbonyl (C=O) groups is 2. The van der Waals surface area contributed by atoms with Gasteiger partial charge in [0.15, 0.2) is 0 Å². The fourth-order valence-corrected chi connectivity index (χ4v) is 2.99. The molecule has 0 spiro atoms. The first-order valence-corrected chi connectivity index (χ1v) is 10.1. The number of hydrogen-bond donors (Lipinski definition) is 0. The topological polar surface area (TPSA) is 34.1 Å². The van der Waals surface area contributed by atoms with Crippen LogP contribution in [-0.4, -0.2) is 11.6 Å². The summed E-state index contributed by atoms with van der Waals surface area (Å²) in [4.78, 5) is 22.2. The first-order chi connectivity index (χ1) is 12.0. The van der Waals surface area contributed by atoms with E-state index in [-0.39, 0.29) is 5.92 Å². The SMILES string of the molecule is CC.CC1C(=O)CCc2ccccc21.CC1CCCCC1=O.CCC. The zero-order valence-electron chi connectivity index (χ0n) is 17.2. The molecule has 0 aromatic heterocycles. The van der Waals surface area contributed by atoms with Crippen LogP contribution in [0.25, 0.3) is 0 Å². The average molecular weight is 347 g/mol. The Hall–Kier alpha value is -1.44. The second kappa shape index (κ2) is 13.8. The summed E-state index contributed by atoms with van der Waals surface area (Å²) in [5.74, 6) is 1.34. The molecule has 2 heteroatoms. The molecule has 1 aromatic carbocycles. The smallest absolute Gasteiger partial charge is 0.140 e. The Labute approximate surface area is 155 Å². The summed E-state index contributed by atoms with van der Waals surface area (Å²) in [6, 6.07) is 8.24. The van der Waals surface area contributed by atoms with Crippen molar-refractivity contribution in [2.24, 2.45) is 5.92 Å². The Kier molecular flexibility index (Phi) is 13.0. The van der Waals surface area contributed by atoms with Crippen molar-refractivity contribution in [3.05, 3.63) is 35.4 Å². The number of hydrogen-bond acceptors (Lipinski definition) is 2. The van der Waals surface area contributed by atoms with E-state index in [2.05, 4.69) is 26.0 Å². The highest BCUT2D eigenvalue weighted by atomic mass is 16.1. The van der Waals surface area contributed by atoms with Gasteiger partial charge in [-0.1, -0.05) is 78.6 Å². The minimum atomic E-state index is 0.120. The van der Waals surface area contributed by atoms with Crippen molar-refractivity contribution in [1.29, 1.82) is 0 Å². The monoisotopic (exact) mass is 346 g/mol. The van der Waals surface area contributed by atoms with E-state index < -0.39 is 0 Å². The van der Waals surface area contributed by atoms with Crippen LogP contribution >= 0.6 is 0 Å². The quantitative estimate of drug-likeness (QED) is 0.536. The van der Waals surface area contributed by atoms with Crippen LogP contribution in [-0.2, 0) is 16.0 Å². The number of aryl methyl sites for hydroxylation is 1. The third-order valence-electron chi connectivity index (χ3n) is 4.51. The molecular formula is C23H38O2. The molecule has 2 nitrogen and oxygen atoms in total. The summed E-state index contributed by atoms with van der Waals surface area (Å²) >= 11 is 0. The maximum atomic E-state index is 11.4. The second-order valence-corrected chi connectivity index (χ2v) is 6.71. The predicted octanol–water partition coefficient (Wildman–Crippen LogP) is 6.51. The van der Waals surface area contributed by atoms with Crippen molar-refractivity contribution in [3.63, 3.8) is 0 Å². The van der Waals surface area contributed by atoms with Crippen LogP contribution < -0.4 is 0 Å². The lowest BCUT2D eigenvalue weighted by Crippen LogP contribution is -2.17. The van der Waals surface area contributed by atoms with Crippen molar-refractivity contribution < 1.29 is 9.59 Å². The summed E-state index contributed by atoms with van der Waals surface area (Å²) < 4.78 is 0. The predicted molar refractivity (Wildman–Crippen MR) is 108 cm³/mol. The van der Waals surface area contributed by atoms with Crippen molar-refractivity contribution in [2.45, 2.75) is 92.4 Å². The first kappa shape index (κ1) is 23.6. The summed E-state index contributed by atoms with van der Waals surface area (Å²) in [5.41, 5.74) is 2.58. The van der Waals surface area contributed by atoms with E-state index in [0.717, 1.165) is 32.1 Å². The van der Waals surface area contributed by atoms with Gasteiger partial charge in [0, 0.05) is 24.7 Å². The van der Waals surface area contributed by atoms with Crippen molar-refractivity contribution in [1.82, 2.24) is 0 Å². The molecule has 0 bridgehead atoms. The van der Waals surface area contributed by atoms with Gasteiger partial charge in [0.25, 0.3) is 0 Å². The molecule has 1 saturated carbocycles. The van der Waals surface area contributed by atoms with Gasteiger partial charge in [0.05, 0.1) is 0 Å². The van der Waals surface area contributed by atoms with E-state index in [1.807, 2.05) is 39.8 Å². The largest absolute Gasteiger partial charge is 0.299 e. The van der Waals surface area contributed by atoms with Gasteiger partial charge in [-0.3, -0.25) is 9.59 Å². The molecule has 2 atom stereocenters. The Morgan fingerprint density at radius 1 is 0.880 bits per heavy atom. The molecular weight excluding hydrogens is 308 g/mol. The molecule has 142 valence electrons. The van der Waals surface area contributed by atoms with Crippen LogP contribution in [0.2, 0.25) is 0 Å². The average Bonchev–Trinajstić information content (AvgIpc) is 2.64. The fourth-order valence-electron chi connectivity index (χ4n) is 2.99. The molecule has 25 heavy (non-hydrogen) atoms. The fraction of sp³-hybridized carbons (Fsp3) is 0.652. The van der Waals surface area contributed by atoms with Gasteiger partial charge < -0.3 is 0 Å². The maximum absolute atomic E-state index is 11.4. The van der Waals surface area contributed by atoms with E-state index in [1.54, 1.807) is 0 Å². The van der Waals surface area contributed by atoms with Crippen LogP contribution in [0.4, 0.5) is 0 Å². The molecule has 2 unspecified atom stereocenters. The lowest BCUT2D eigenvalue weighted by Gasteiger charge is -2.20. The van der Waals surface area contributed by atoms with Gasteiger partial charge in [-0.2, -0.15) is 0 Å². The van der Waals surface area contributed by atoms with Crippen LogP contribution in [0.5, 0.6) is 0 Å². The molecule has 1 fully saturated rings. The molecule has 2 aliphatic rings. The summed E-state index contributed by atoms with van der Waals surface area (Å²) in [6.45, 7) is 12.3. The van der Waals surface area contributed by atoms with Crippen molar-refractivity contribution >= 4 is 11.6 Å². The zero-order valence-corrected chi connectivity index (χ0v) is 17.2. The molecule has 3 rings (SSSR count). The summed E-state index contributed by atoms with van der Waals surface area (Å²) in [5, 5.41) is 0. The molecule has 0 saturated heterocycles. The number of benzene rings is 1. The highest BCUT2D eigenvalue weighted by molar-refractivity contribution is 5.87. The third kappa shape index (κ3) is 8.47. The Morgan fingerprint density at radius 3 is 2.00 bits per heavy atom. The van der Waals surface area contributed by atoms with Crippen molar-refractivity contribution in [3.8, 4) is 0 Å². The number of Topliss-reactive ketones (excluding diaryl/α,β-unsaturated/α-hetero) is 2. The van der Waals surface area contributed by atoms with Gasteiger partial charge in [0.1, 0.15) is 11.6 Å². The van der Waals surface area contributed by atoms with Gasteiger partial charge >= 0.3 is 0 Å². The van der Waals surface area contributed by atoms with E-state index in [9.17, 15) is 9.59 Å². The minimum absolute atomic E-state index is 0.120. The first-order valence-electron chi connectivity index (χ1n) is 10.1. The maximum Gasteiger partial charge on any atom is 0.140 e. The van der Waals surface area contributed by atoms with Gasteiger partial charge in [-0.05, 0) is 30.4 Å². The third-order valence-corrected chi connectivity index (χ3v) is 4.51. The number of fused-ring (bicyclic) bond motifs is 1. The Bertz CT molecular complexity index is 505. The molecule has 1 aromatic rings. The summed E-state index contributed by atoms with van der Waals surface area (Å²) in [7, 11) is 0. The summed E-state index contributed by atoms with van der Waals surface area (Å²) in [6.07, 6.45) is 7.24. The van der Waals surface area contributed by atoms with Gasteiger partial charge in [0.2, 0.25) is 0 Å². The van der Waals surface area contributed by atoms with Crippen LogP contribution in [0.1, 0.15) is 97.1 Å². The van der Waals surface area contributed by atoms with Gasteiger partial charge in [-0.15, -0.1) is 0 Å². The number of carbonyl (C=O) groups excluding carboxylic acids is 2.